The summed E-state index contributed by atoms with van der Waals surface area (Å²) in [5, 5.41) is 7.31. The van der Waals surface area contributed by atoms with Crippen LogP contribution in [-0.4, -0.2) is 41.3 Å². The summed E-state index contributed by atoms with van der Waals surface area (Å²) in [7, 11) is 1.95. The molecule has 1 fully saturated rings. The Bertz CT molecular complexity index is 366. The van der Waals surface area contributed by atoms with Crippen molar-refractivity contribution in [2.45, 2.75) is 38.3 Å². The molecule has 1 N–H and O–H groups in total. The molecule has 1 aromatic rings. The lowest BCUT2D eigenvalue weighted by molar-refractivity contribution is 0.0677. The molecule has 102 valence electrons. The zero-order chi connectivity index (χ0) is 13.0. The largest absolute Gasteiger partial charge is 0.368 e. The van der Waals surface area contributed by atoms with Crippen molar-refractivity contribution in [1.29, 1.82) is 0 Å². The SMILES string of the molecule is CCC(c1nc(C2CSCCO2)no1)C(C)NC. The summed E-state index contributed by atoms with van der Waals surface area (Å²) in [5.41, 5.74) is 0. The van der Waals surface area contributed by atoms with E-state index in [9.17, 15) is 0 Å². The Hall–Kier alpha value is -0.590. The molecule has 1 aliphatic rings. The Balaban J connectivity index is 2.08. The van der Waals surface area contributed by atoms with E-state index in [1.807, 2.05) is 18.8 Å². The topological polar surface area (TPSA) is 60.2 Å². The minimum absolute atomic E-state index is 0.0105. The highest BCUT2D eigenvalue weighted by molar-refractivity contribution is 7.99. The number of hydrogen-bond acceptors (Lipinski definition) is 6. The van der Waals surface area contributed by atoms with E-state index in [0.717, 1.165) is 24.5 Å². The molecule has 18 heavy (non-hydrogen) atoms. The van der Waals surface area contributed by atoms with Crippen molar-refractivity contribution >= 4 is 11.8 Å². The van der Waals surface area contributed by atoms with E-state index < -0.39 is 0 Å². The number of nitrogens with zero attached hydrogens (tertiary/aromatic N) is 2. The number of likely N-dealkylation sites (N-methyl/N-ethyl adjacent to an activating group) is 1. The quantitative estimate of drug-likeness (QED) is 0.883. The third kappa shape index (κ3) is 3.05. The minimum atomic E-state index is -0.0105. The van der Waals surface area contributed by atoms with Crippen molar-refractivity contribution in [2.24, 2.45) is 0 Å². The van der Waals surface area contributed by atoms with Crippen LogP contribution in [0.3, 0.4) is 0 Å². The fraction of sp³-hybridized carbons (Fsp3) is 0.833. The molecular formula is C12H21N3O2S. The van der Waals surface area contributed by atoms with E-state index >= 15 is 0 Å². The first kappa shape index (κ1) is 13.8. The molecule has 0 aromatic carbocycles. The van der Waals surface area contributed by atoms with E-state index in [0.29, 0.717) is 17.8 Å². The van der Waals surface area contributed by atoms with Crippen molar-refractivity contribution < 1.29 is 9.26 Å². The number of ether oxygens (including phenoxy) is 1. The Morgan fingerprint density at radius 3 is 3.00 bits per heavy atom. The third-order valence-electron chi connectivity index (χ3n) is 3.38. The zero-order valence-corrected chi connectivity index (χ0v) is 12.0. The maximum absolute atomic E-state index is 5.66. The fourth-order valence-electron chi connectivity index (χ4n) is 2.11. The van der Waals surface area contributed by atoms with Gasteiger partial charge in [-0.2, -0.15) is 16.7 Å². The Kier molecular flexibility index (Phi) is 5.03. The van der Waals surface area contributed by atoms with E-state index in [4.69, 9.17) is 9.26 Å². The van der Waals surface area contributed by atoms with Crippen LogP contribution in [0, 0.1) is 0 Å². The number of nitrogens with one attached hydrogen (secondary N) is 1. The van der Waals surface area contributed by atoms with Gasteiger partial charge >= 0.3 is 0 Å². The van der Waals surface area contributed by atoms with Gasteiger partial charge in [0, 0.05) is 17.5 Å². The van der Waals surface area contributed by atoms with Gasteiger partial charge in [0.25, 0.3) is 0 Å². The van der Waals surface area contributed by atoms with Crippen LogP contribution in [0.15, 0.2) is 4.52 Å². The molecule has 2 heterocycles. The maximum Gasteiger partial charge on any atom is 0.231 e. The van der Waals surface area contributed by atoms with Crippen molar-refractivity contribution in [2.75, 3.05) is 25.2 Å². The molecule has 0 saturated carbocycles. The van der Waals surface area contributed by atoms with Crippen LogP contribution in [0.25, 0.3) is 0 Å². The van der Waals surface area contributed by atoms with Crippen LogP contribution < -0.4 is 5.32 Å². The first-order valence-electron chi connectivity index (χ1n) is 6.46. The summed E-state index contributed by atoms with van der Waals surface area (Å²) in [4.78, 5) is 4.52. The third-order valence-corrected chi connectivity index (χ3v) is 4.37. The van der Waals surface area contributed by atoms with Crippen LogP contribution in [0.1, 0.15) is 44.0 Å². The lowest BCUT2D eigenvalue weighted by Crippen LogP contribution is -2.28. The molecule has 3 unspecified atom stereocenters. The van der Waals surface area contributed by atoms with Gasteiger partial charge in [0.15, 0.2) is 0 Å². The fourth-order valence-corrected chi connectivity index (χ4v) is 2.95. The maximum atomic E-state index is 5.66. The molecule has 1 aromatic heterocycles. The highest BCUT2D eigenvalue weighted by Gasteiger charge is 2.26. The highest BCUT2D eigenvalue weighted by atomic mass is 32.2. The van der Waals surface area contributed by atoms with E-state index in [2.05, 4.69) is 29.3 Å². The average molecular weight is 271 g/mol. The molecule has 5 nitrogen and oxygen atoms in total. The summed E-state index contributed by atoms with van der Waals surface area (Å²) in [6, 6.07) is 0.324. The zero-order valence-electron chi connectivity index (χ0n) is 11.2. The Labute approximate surface area is 112 Å². The second-order valence-electron chi connectivity index (χ2n) is 4.52. The molecule has 1 saturated heterocycles. The van der Waals surface area contributed by atoms with Gasteiger partial charge in [0.1, 0.15) is 6.10 Å². The van der Waals surface area contributed by atoms with Gasteiger partial charge in [0.05, 0.1) is 12.5 Å². The van der Waals surface area contributed by atoms with Crippen LogP contribution in [0.5, 0.6) is 0 Å². The number of thioether (sulfide) groups is 1. The monoisotopic (exact) mass is 271 g/mol. The van der Waals surface area contributed by atoms with Crippen molar-refractivity contribution in [1.82, 2.24) is 15.5 Å². The second kappa shape index (κ2) is 6.54. The van der Waals surface area contributed by atoms with Gasteiger partial charge in [-0.15, -0.1) is 0 Å². The van der Waals surface area contributed by atoms with E-state index in [-0.39, 0.29) is 12.0 Å². The van der Waals surface area contributed by atoms with Crippen molar-refractivity contribution in [3.8, 4) is 0 Å². The first-order valence-corrected chi connectivity index (χ1v) is 7.61. The molecule has 0 amide bonds. The molecular weight excluding hydrogens is 250 g/mol. The van der Waals surface area contributed by atoms with Crippen molar-refractivity contribution in [3.63, 3.8) is 0 Å². The van der Waals surface area contributed by atoms with Crippen LogP contribution >= 0.6 is 11.8 Å². The Morgan fingerprint density at radius 2 is 2.39 bits per heavy atom. The molecule has 2 rings (SSSR count). The summed E-state index contributed by atoms with van der Waals surface area (Å²) >= 11 is 1.87. The summed E-state index contributed by atoms with van der Waals surface area (Å²) in [6.45, 7) is 5.03. The van der Waals surface area contributed by atoms with Crippen LogP contribution in [0.4, 0.5) is 0 Å². The normalized spacial score (nSPS) is 23.8. The second-order valence-corrected chi connectivity index (χ2v) is 5.67. The van der Waals surface area contributed by atoms with Gasteiger partial charge in [0.2, 0.25) is 11.7 Å². The van der Waals surface area contributed by atoms with Gasteiger partial charge in [-0.05, 0) is 20.4 Å². The molecule has 1 aliphatic heterocycles. The smallest absolute Gasteiger partial charge is 0.231 e. The molecule has 0 aliphatic carbocycles. The molecule has 0 bridgehead atoms. The van der Waals surface area contributed by atoms with Gasteiger partial charge in [-0.3, -0.25) is 0 Å². The van der Waals surface area contributed by atoms with Gasteiger partial charge in [-0.1, -0.05) is 12.1 Å². The lowest BCUT2D eigenvalue weighted by Gasteiger charge is -2.19. The van der Waals surface area contributed by atoms with Crippen molar-refractivity contribution in [3.05, 3.63) is 11.7 Å². The summed E-state index contributed by atoms with van der Waals surface area (Å²) in [5.74, 6) is 3.63. The number of rotatable bonds is 5. The van der Waals surface area contributed by atoms with Crippen LogP contribution in [-0.2, 0) is 4.74 Å². The Morgan fingerprint density at radius 1 is 1.56 bits per heavy atom. The average Bonchev–Trinajstić information content (AvgIpc) is 2.90. The summed E-state index contributed by atoms with van der Waals surface area (Å²) < 4.78 is 11.1. The molecule has 6 heteroatoms. The van der Waals surface area contributed by atoms with Gasteiger partial charge in [-0.25, -0.2) is 0 Å². The number of hydrogen-bond donors (Lipinski definition) is 1. The summed E-state index contributed by atoms with van der Waals surface area (Å²) in [6.07, 6.45) is 0.966. The van der Waals surface area contributed by atoms with E-state index in [1.54, 1.807) is 0 Å². The molecule has 0 radical (unpaired) electrons. The van der Waals surface area contributed by atoms with Crippen LogP contribution in [0.2, 0.25) is 0 Å². The van der Waals surface area contributed by atoms with E-state index in [1.165, 1.54) is 0 Å². The standard InChI is InChI=1S/C12H21N3O2S/c1-4-9(8(2)13-3)12-14-11(15-17-12)10-7-18-6-5-16-10/h8-10,13H,4-7H2,1-3H3. The minimum Gasteiger partial charge on any atom is -0.368 e. The highest BCUT2D eigenvalue weighted by Crippen LogP contribution is 2.27. The first-order chi connectivity index (χ1) is 8.76. The molecule has 3 atom stereocenters. The van der Waals surface area contributed by atoms with Gasteiger partial charge < -0.3 is 14.6 Å². The number of aromatic nitrogens is 2. The predicted molar refractivity (Wildman–Crippen MR) is 71.9 cm³/mol. The predicted octanol–water partition coefficient (Wildman–Crippen LogP) is 1.98. The lowest BCUT2D eigenvalue weighted by atomic mass is 9.98. The molecule has 0 spiro atoms.